The number of amides is 1. The van der Waals surface area contributed by atoms with E-state index >= 15 is 0 Å². The van der Waals surface area contributed by atoms with Crippen molar-refractivity contribution in [2.75, 3.05) is 13.1 Å². The highest BCUT2D eigenvalue weighted by Crippen LogP contribution is 2.11. The first-order valence-corrected chi connectivity index (χ1v) is 3.45. The van der Waals surface area contributed by atoms with E-state index in [1.54, 1.807) is 0 Å². The zero-order chi connectivity index (χ0) is 7.56. The fraction of sp³-hybridized carbons (Fsp3) is 0.571. The molecule has 10 heavy (non-hydrogen) atoms. The van der Waals surface area contributed by atoms with Crippen molar-refractivity contribution in [1.82, 2.24) is 4.90 Å². The summed E-state index contributed by atoms with van der Waals surface area (Å²) >= 11 is 0. The second-order valence-electron chi connectivity index (χ2n) is 2.51. The highest BCUT2D eigenvalue weighted by Gasteiger charge is 2.15. The van der Waals surface area contributed by atoms with Crippen molar-refractivity contribution in [2.24, 2.45) is 5.73 Å². The summed E-state index contributed by atoms with van der Waals surface area (Å²) in [6.07, 6.45) is 2.29. The minimum atomic E-state index is -0.401. The molecule has 3 heteroatoms. The Balaban J connectivity index is 2.48. The number of hydrogen-bond acceptors (Lipinski definition) is 2. The molecule has 1 saturated heterocycles. The number of rotatable bonds is 2. The number of nitrogens with two attached hydrogens (primary N) is 1. The standard InChI is InChI=1S/C7H12N2O/c1-6(7(8)10)9-4-2-3-5-9/h1-5H2,(H2,8,10). The molecule has 0 unspecified atom stereocenters. The van der Waals surface area contributed by atoms with Gasteiger partial charge in [0, 0.05) is 13.1 Å². The van der Waals surface area contributed by atoms with Crippen LogP contribution in [0.1, 0.15) is 12.8 Å². The summed E-state index contributed by atoms with van der Waals surface area (Å²) < 4.78 is 0. The van der Waals surface area contributed by atoms with Gasteiger partial charge in [-0.3, -0.25) is 4.79 Å². The minimum Gasteiger partial charge on any atom is -0.368 e. The van der Waals surface area contributed by atoms with Gasteiger partial charge in [0.25, 0.3) is 5.91 Å². The Morgan fingerprint density at radius 1 is 1.40 bits per heavy atom. The van der Waals surface area contributed by atoms with Crippen LogP contribution >= 0.6 is 0 Å². The van der Waals surface area contributed by atoms with Crippen molar-refractivity contribution in [2.45, 2.75) is 12.8 Å². The fourth-order valence-corrected chi connectivity index (χ4v) is 1.14. The van der Waals surface area contributed by atoms with E-state index in [2.05, 4.69) is 6.58 Å². The second kappa shape index (κ2) is 2.73. The molecular weight excluding hydrogens is 128 g/mol. The lowest BCUT2D eigenvalue weighted by atomic mass is 10.4. The van der Waals surface area contributed by atoms with Gasteiger partial charge in [0.05, 0.1) is 5.70 Å². The van der Waals surface area contributed by atoms with Crippen LogP contribution in [0.4, 0.5) is 0 Å². The first-order valence-electron chi connectivity index (χ1n) is 3.45. The number of nitrogens with zero attached hydrogens (tertiary/aromatic N) is 1. The molecule has 1 aliphatic rings. The highest BCUT2D eigenvalue weighted by atomic mass is 16.1. The van der Waals surface area contributed by atoms with Gasteiger partial charge in [0.1, 0.15) is 0 Å². The van der Waals surface area contributed by atoms with Gasteiger partial charge in [-0.2, -0.15) is 0 Å². The summed E-state index contributed by atoms with van der Waals surface area (Å²) in [5.74, 6) is -0.401. The van der Waals surface area contributed by atoms with Crippen LogP contribution in [0, 0.1) is 0 Å². The summed E-state index contributed by atoms with van der Waals surface area (Å²) in [5, 5.41) is 0. The molecule has 0 aromatic carbocycles. The number of carbonyl (C=O) groups excluding carboxylic acids is 1. The number of hydrogen-bond donors (Lipinski definition) is 1. The molecule has 1 rings (SSSR count). The van der Waals surface area contributed by atoms with E-state index in [4.69, 9.17) is 5.73 Å². The van der Waals surface area contributed by atoms with Crippen LogP contribution < -0.4 is 5.73 Å². The first-order chi connectivity index (χ1) is 4.72. The Labute approximate surface area is 60.5 Å². The van der Waals surface area contributed by atoms with Gasteiger partial charge >= 0.3 is 0 Å². The Morgan fingerprint density at radius 2 is 1.90 bits per heavy atom. The van der Waals surface area contributed by atoms with Crippen molar-refractivity contribution < 1.29 is 4.79 Å². The number of carbonyl (C=O) groups is 1. The van der Waals surface area contributed by atoms with E-state index in [0.717, 1.165) is 25.9 Å². The molecule has 3 nitrogen and oxygen atoms in total. The van der Waals surface area contributed by atoms with Crippen molar-refractivity contribution in [3.05, 3.63) is 12.3 Å². The van der Waals surface area contributed by atoms with Gasteiger partial charge in [0.15, 0.2) is 0 Å². The van der Waals surface area contributed by atoms with Crippen LogP contribution in [-0.4, -0.2) is 23.9 Å². The van der Waals surface area contributed by atoms with Gasteiger partial charge in [0.2, 0.25) is 0 Å². The van der Waals surface area contributed by atoms with Crippen LogP contribution in [0.3, 0.4) is 0 Å². The average molecular weight is 140 g/mol. The third kappa shape index (κ3) is 1.29. The summed E-state index contributed by atoms with van der Waals surface area (Å²) in [6.45, 7) is 5.45. The van der Waals surface area contributed by atoms with Gasteiger partial charge in [-0.25, -0.2) is 0 Å². The molecule has 1 amide bonds. The van der Waals surface area contributed by atoms with Crippen molar-refractivity contribution in [1.29, 1.82) is 0 Å². The molecule has 0 atom stereocenters. The van der Waals surface area contributed by atoms with Crippen LogP contribution in [0.2, 0.25) is 0 Å². The monoisotopic (exact) mass is 140 g/mol. The lowest BCUT2D eigenvalue weighted by molar-refractivity contribution is -0.115. The third-order valence-corrected chi connectivity index (χ3v) is 1.77. The molecule has 0 aromatic heterocycles. The molecule has 1 aliphatic heterocycles. The summed E-state index contributed by atoms with van der Waals surface area (Å²) in [4.78, 5) is 12.5. The van der Waals surface area contributed by atoms with Crippen molar-refractivity contribution in [3.8, 4) is 0 Å². The van der Waals surface area contributed by atoms with Crippen LogP contribution in [-0.2, 0) is 4.79 Å². The third-order valence-electron chi connectivity index (χ3n) is 1.77. The Bertz CT molecular complexity index is 159. The van der Waals surface area contributed by atoms with E-state index in [1.165, 1.54) is 0 Å². The molecule has 0 radical (unpaired) electrons. The average Bonchev–Trinajstić information content (AvgIpc) is 2.36. The summed E-state index contributed by atoms with van der Waals surface area (Å²) in [5.41, 5.74) is 5.49. The van der Waals surface area contributed by atoms with E-state index < -0.39 is 5.91 Å². The van der Waals surface area contributed by atoms with Gasteiger partial charge in [-0.15, -0.1) is 0 Å². The molecule has 0 aromatic rings. The van der Waals surface area contributed by atoms with Crippen molar-refractivity contribution in [3.63, 3.8) is 0 Å². The van der Waals surface area contributed by atoms with Gasteiger partial charge in [-0.05, 0) is 12.8 Å². The maximum atomic E-state index is 10.6. The molecular formula is C7H12N2O. The number of primary amides is 1. The zero-order valence-electron chi connectivity index (χ0n) is 5.97. The predicted molar refractivity (Wildman–Crippen MR) is 39.1 cm³/mol. The minimum absolute atomic E-state index is 0.401. The summed E-state index contributed by atoms with van der Waals surface area (Å²) in [7, 11) is 0. The van der Waals surface area contributed by atoms with Crippen LogP contribution in [0.15, 0.2) is 12.3 Å². The molecule has 0 saturated carbocycles. The second-order valence-corrected chi connectivity index (χ2v) is 2.51. The number of likely N-dealkylation sites (tertiary alicyclic amines) is 1. The largest absolute Gasteiger partial charge is 0.368 e. The van der Waals surface area contributed by atoms with Crippen LogP contribution in [0.5, 0.6) is 0 Å². The smallest absolute Gasteiger partial charge is 0.264 e. The molecule has 1 fully saturated rings. The topological polar surface area (TPSA) is 46.3 Å². The van der Waals surface area contributed by atoms with Crippen molar-refractivity contribution >= 4 is 5.91 Å². The molecule has 56 valence electrons. The molecule has 0 aliphatic carbocycles. The Morgan fingerprint density at radius 3 is 2.30 bits per heavy atom. The fourth-order valence-electron chi connectivity index (χ4n) is 1.14. The van der Waals surface area contributed by atoms with E-state index in [0.29, 0.717) is 5.70 Å². The van der Waals surface area contributed by atoms with E-state index in [1.807, 2.05) is 4.90 Å². The molecule has 2 N–H and O–H groups in total. The quantitative estimate of drug-likeness (QED) is 0.552. The Kier molecular flexibility index (Phi) is 1.94. The van der Waals surface area contributed by atoms with Crippen LogP contribution in [0.25, 0.3) is 0 Å². The molecule has 0 bridgehead atoms. The van der Waals surface area contributed by atoms with E-state index in [9.17, 15) is 4.79 Å². The van der Waals surface area contributed by atoms with Gasteiger partial charge < -0.3 is 10.6 Å². The molecule has 0 spiro atoms. The molecule has 1 heterocycles. The normalized spacial score (nSPS) is 17.4. The van der Waals surface area contributed by atoms with E-state index in [-0.39, 0.29) is 0 Å². The summed E-state index contributed by atoms with van der Waals surface area (Å²) in [6, 6.07) is 0. The zero-order valence-corrected chi connectivity index (χ0v) is 5.97. The lowest BCUT2D eigenvalue weighted by Gasteiger charge is -2.16. The predicted octanol–water partition coefficient (Wildman–Crippen LogP) is 0.0812. The maximum absolute atomic E-state index is 10.6. The lowest BCUT2D eigenvalue weighted by Crippen LogP contribution is -2.28. The first kappa shape index (κ1) is 7.12. The van der Waals surface area contributed by atoms with Gasteiger partial charge in [-0.1, -0.05) is 6.58 Å². The SMILES string of the molecule is C=C(C(N)=O)N1CCCC1. The highest BCUT2D eigenvalue weighted by molar-refractivity contribution is 5.90. The maximum Gasteiger partial charge on any atom is 0.264 e. The Hall–Kier alpha value is -0.990.